The van der Waals surface area contributed by atoms with Gasteiger partial charge in [0, 0.05) is 19.2 Å². The Morgan fingerprint density at radius 2 is 1.59 bits per heavy atom. The molecule has 0 unspecified atom stereocenters. The van der Waals surface area contributed by atoms with E-state index >= 15 is 0 Å². The van der Waals surface area contributed by atoms with Crippen LogP contribution >= 0.6 is 0 Å². The molecule has 0 heterocycles. The second-order valence-electron chi connectivity index (χ2n) is 5.43. The summed E-state index contributed by atoms with van der Waals surface area (Å²) in [6, 6.07) is 9.74. The molecule has 0 aromatic heterocycles. The van der Waals surface area contributed by atoms with Crippen LogP contribution in [-0.2, 0) is 6.54 Å². The van der Waals surface area contributed by atoms with E-state index in [1.807, 2.05) is 0 Å². The van der Waals surface area contributed by atoms with Crippen LogP contribution in [0.5, 0.6) is 17.2 Å². The Morgan fingerprint density at radius 3 is 2.15 bits per heavy atom. The number of amides is 1. The molecule has 0 aliphatic rings. The molecule has 0 atom stereocenters. The zero-order valence-corrected chi connectivity index (χ0v) is 14.5. The summed E-state index contributed by atoms with van der Waals surface area (Å²) in [5.41, 5.74) is 0.908. The molecule has 0 spiro atoms. The zero-order chi connectivity index (χ0) is 20.0. The second-order valence-corrected chi connectivity index (χ2v) is 5.43. The van der Waals surface area contributed by atoms with Gasteiger partial charge in [0.25, 0.3) is 5.91 Å². The molecule has 0 saturated heterocycles. The van der Waals surface area contributed by atoms with Gasteiger partial charge in [-0.2, -0.15) is 17.6 Å². The maximum Gasteiger partial charge on any atom is 0.387 e. The molecule has 5 nitrogen and oxygen atoms in total. The number of carbonyl (C=O) groups is 1. The summed E-state index contributed by atoms with van der Waals surface area (Å²) in [6.45, 7) is -5.72. The molecular formula is C18H17F4NO4. The lowest BCUT2D eigenvalue weighted by molar-refractivity contribution is -0.0514. The molecule has 2 aromatic carbocycles. The molecule has 0 N–H and O–H groups in total. The molecule has 2 rings (SSSR count). The van der Waals surface area contributed by atoms with Crippen LogP contribution in [0.4, 0.5) is 17.6 Å². The Labute approximate surface area is 153 Å². The Hall–Kier alpha value is -2.97. The van der Waals surface area contributed by atoms with Crippen molar-refractivity contribution in [1.29, 1.82) is 0 Å². The van der Waals surface area contributed by atoms with E-state index in [2.05, 4.69) is 9.47 Å². The van der Waals surface area contributed by atoms with Gasteiger partial charge in [-0.15, -0.1) is 0 Å². The number of rotatable bonds is 8. The minimum absolute atomic E-state index is 0.00282. The van der Waals surface area contributed by atoms with Gasteiger partial charge in [0.15, 0.2) is 11.5 Å². The van der Waals surface area contributed by atoms with Gasteiger partial charge in [-0.1, -0.05) is 12.1 Å². The van der Waals surface area contributed by atoms with E-state index in [0.717, 1.165) is 0 Å². The van der Waals surface area contributed by atoms with Crippen molar-refractivity contribution in [3.63, 3.8) is 0 Å². The van der Waals surface area contributed by atoms with Crippen molar-refractivity contribution in [2.45, 2.75) is 19.8 Å². The Morgan fingerprint density at radius 1 is 0.963 bits per heavy atom. The fourth-order valence-corrected chi connectivity index (χ4v) is 2.34. The van der Waals surface area contributed by atoms with E-state index in [1.54, 1.807) is 19.2 Å². The molecule has 146 valence electrons. The first kappa shape index (κ1) is 20.3. The summed E-state index contributed by atoms with van der Waals surface area (Å²) in [5, 5.41) is 0. The third-order valence-electron chi connectivity index (χ3n) is 3.54. The zero-order valence-electron chi connectivity index (χ0n) is 14.5. The third kappa shape index (κ3) is 5.77. The van der Waals surface area contributed by atoms with Gasteiger partial charge >= 0.3 is 13.2 Å². The number of alkyl halides is 4. The number of methoxy groups -OCH3 is 1. The minimum Gasteiger partial charge on any atom is -0.493 e. The van der Waals surface area contributed by atoms with E-state index < -0.39 is 13.2 Å². The number of ether oxygens (including phenoxy) is 3. The van der Waals surface area contributed by atoms with E-state index in [-0.39, 0.29) is 35.3 Å². The smallest absolute Gasteiger partial charge is 0.387 e. The van der Waals surface area contributed by atoms with E-state index in [9.17, 15) is 22.4 Å². The highest BCUT2D eigenvalue weighted by molar-refractivity contribution is 5.94. The van der Waals surface area contributed by atoms with Crippen LogP contribution < -0.4 is 14.2 Å². The highest BCUT2D eigenvalue weighted by atomic mass is 19.3. The van der Waals surface area contributed by atoms with Crippen molar-refractivity contribution in [3.8, 4) is 17.2 Å². The average molecular weight is 387 g/mol. The van der Waals surface area contributed by atoms with Gasteiger partial charge in [-0.3, -0.25) is 4.79 Å². The van der Waals surface area contributed by atoms with Crippen molar-refractivity contribution in [2.24, 2.45) is 0 Å². The SMILES string of the molecule is COc1cc(C(=O)N(C)Cc2ccc(OC(F)F)cc2)ccc1OC(F)F. The summed E-state index contributed by atoms with van der Waals surface area (Å²) in [5.74, 6) is -0.545. The van der Waals surface area contributed by atoms with Crippen LogP contribution in [0.3, 0.4) is 0 Å². The van der Waals surface area contributed by atoms with Crippen LogP contribution in [0, 0.1) is 0 Å². The van der Waals surface area contributed by atoms with Crippen LogP contribution in [-0.4, -0.2) is 38.2 Å². The maximum atomic E-state index is 12.5. The lowest BCUT2D eigenvalue weighted by Crippen LogP contribution is -2.26. The number of hydrogen-bond acceptors (Lipinski definition) is 4. The van der Waals surface area contributed by atoms with Gasteiger partial charge in [-0.25, -0.2) is 0 Å². The first-order valence-corrected chi connectivity index (χ1v) is 7.72. The molecule has 1 amide bonds. The topological polar surface area (TPSA) is 48.0 Å². The lowest BCUT2D eigenvalue weighted by Gasteiger charge is -2.18. The number of benzene rings is 2. The van der Waals surface area contributed by atoms with Gasteiger partial charge in [-0.05, 0) is 35.9 Å². The summed E-state index contributed by atoms with van der Waals surface area (Å²) >= 11 is 0. The average Bonchev–Trinajstić information content (AvgIpc) is 2.62. The molecule has 0 saturated carbocycles. The fraction of sp³-hybridized carbons (Fsp3) is 0.278. The van der Waals surface area contributed by atoms with Crippen LogP contribution in [0.2, 0.25) is 0 Å². The monoisotopic (exact) mass is 387 g/mol. The predicted molar refractivity (Wildman–Crippen MR) is 88.5 cm³/mol. The largest absolute Gasteiger partial charge is 0.493 e. The summed E-state index contributed by atoms with van der Waals surface area (Å²) in [6.07, 6.45) is 0. The second kappa shape index (κ2) is 9.11. The number of hydrogen-bond donors (Lipinski definition) is 0. The van der Waals surface area contributed by atoms with Crippen LogP contribution in [0.15, 0.2) is 42.5 Å². The first-order chi connectivity index (χ1) is 12.8. The molecule has 9 heteroatoms. The molecule has 0 aliphatic carbocycles. The van der Waals surface area contributed by atoms with Gasteiger partial charge in [0.2, 0.25) is 0 Å². The van der Waals surface area contributed by atoms with Crippen molar-refractivity contribution in [3.05, 3.63) is 53.6 Å². The van der Waals surface area contributed by atoms with Crippen molar-refractivity contribution in [2.75, 3.05) is 14.2 Å². The molecule has 0 bridgehead atoms. The standard InChI is InChI=1S/C18H17F4NO4/c1-23(10-11-3-6-13(7-4-11)26-17(19)20)16(24)12-5-8-14(27-18(21)22)15(9-12)25-2/h3-9,17-18H,10H2,1-2H3. The summed E-state index contributed by atoms with van der Waals surface area (Å²) in [4.78, 5) is 13.9. The fourth-order valence-electron chi connectivity index (χ4n) is 2.34. The van der Waals surface area contributed by atoms with E-state index in [1.165, 1.54) is 42.3 Å². The quantitative estimate of drug-likeness (QED) is 0.638. The molecular weight excluding hydrogens is 370 g/mol. The molecule has 2 aromatic rings. The minimum atomic E-state index is -3.01. The summed E-state index contributed by atoms with van der Waals surface area (Å²) < 4.78 is 62.6. The maximum absolute atomic E-state index is 12.5. The van der Waals surface area contributed by atoms with E-state index in [4.69, 9.17) is 4.74 Å². The number of halogens is 4. The molecule has 0 aliphatic heterocycles. The van der Waals surface area contributed by atoms with Crippen molar-refractivity contribution in [1.82, 2.24) is 4.90 Å². The van der Waals surface area contributed by atoms with Crippen molar-refractivity contribution < 1.29 is 36.6 Å². The van der Waals surface area contributed by atoms with Gasteiger partial charge in [0.1, 0.15) is 5.75 Å². The molecule has 0 radical (unpaired) electrons. The van der Waals surface area contributed by atoms with Crippen LogP contribution in [0.25, 0.3) is 0 Å². The molecule has 27 heavy (non-hydrogen) atoms. The lowest BCUT2D eigenvalue weighted by atomic mass is 10.1. The predicted octanol–water partition coefficient (Wildman–Crippen LogP) is 4.17. The Bertz CT molecular complexity index is 768. The van der Waals surface area contributed by atoms with Crippen molar-refractivity contribution >= 4 is 5.91 Å². The van der Waals surface area contributed by atoms with E-state index in [0.29, 0.717) is 5.56 Å². The Kier molecular flexibility index (Phi) is 6.86. The highest BCUT2D eigenvalue weighted by Crippen LogP contribution is 2.30. The summed E-state index contributed by atoms with van der Waals surface area (Å²) in [7, 11) is 2.82. The van der Waals surface area contributed by atoms with Gasteiger partial charge < -0.3 is 19.1 Å². The first-order valence-electron chi connectivity index (χ1n) is 7.72. The normalized spacial score (nSPS) is 10.8. The third-order valence-corrected chi connectivity index (χ3v) is 3.54. The molecule has 0 fully saturated rings. The van der Waals surface area contributed by atoms with Gasteiger partial charge in [0.05, 0.1) is 7.11 Å². The number of carbonyl (C=O) groups excluding carboxylic acids is 1. The van der Waals surface area contributed by atoms with Crippen LogP contribution in [0.1, 0.15) is 15.9 Å². The highest BCUT2D eigenvalue weighted by Gasteiger charge is 2.17. The number of nitrogens with zero attached hydrogens (tertiary/aromatic N) is 1. The Balaban J connectivity index is 2.08.